The van der Waals surface area contributed by atoms with Crippen molar-refractivity contribution in [3.63, 3.8) is 0 Å². The largest absolute Gasteiger partial charge is 0.213 e. The van der Waals surface area contributed by atoms with Gasteiger partial charge in [0.1, 0.15) is 7.05 Å². The Morgan fingerprint density at radius 3 is 1.83 bits per heavy atom. The first-order valence-electron chi connectivity index (χ1n) is 6.61. The highest BCUT2D eigenvalue weighted by molar-refractivity contribution is 5.93. The maximum atomic E-state index is 2.30. The van der Waals surface area contributed by atoms with Crippen LogP contribution in [0, 0.1) is 0 Å². The van der Waals surface area contributed by atoms with E-state index in [1.807, 2.05) is 0 Å². The second kappa shape index (κ2) is 4.41. The number of para-hydroxylation sites is 2. The highest BCUT2D eigenvalue weighted by Crippen LogP contribution is 2.25. The zero-order valence-corrected chi connectivity index (χ0v) is 11.0. The van der Waals surface area contributed by atoms with Crippen molar-refractivity contribution in [1.29, 1.82) is 0 Å². The number of aryl methyl sites for hydroxylation is 2. The molecule has 0 radical (unpaired) electrons. The predicted molar refractivity (Wildman–Crippen MR) is 76.6 cm³/mol. The summed E-state index contributed by atoms with van der Waals surface area (Å²) >= 11 is 0. The van der Waals surface area contributed by atoms with Crippen molar-refractivity contribution in [2.45, 2.75) is 19.8 Å². The number of aromatic nitrogens is 1. The van der Waals surface area contributed by atoms with E-state index >= 15 is 0 Å². The summed E-state index contributed by atoms with van der Waals surface area (Å²) in [4.78, 5) is 0. The second-order valence-electron chi connectivity index (χ2n) is 4.82. The Labute approximate surface area is 108 Å². The molecule has 1 aromatic heterocycles. The van der Waals surface area contributed by atoms with E-state index in [0.29, 0.717) is 0 Å². The summed E-state index contributed by atoms with van der Waals surface area (Å²) in [7, 11) is 2.15. The van der Waals surface area contributed by atoms with E-state index in [1.165, 1.54) is 33.8 Å². The Hall–Kier alpha value is -1.89. The number of rotatable bonds is 2. The van der Waals surface area contributed by atoms with Gasteiger partial charge in [0.15, 0.2) is 0 Å². The number of pyridine rings is 1. The van der Waals surface area contributed by atoms with Crippen molar-refractivity contribution in [1.82, 2.24) is 0 Å². The molecule has 1 nitrogen and oxygen atoms in total. The minimum Gasteiger partial charge on any atom is -0.194 e. The lowest BCUT2D eigenvalue weighted by Crippen LogP contribution is -2.30. The van der Waals surface area contributed by atoms with Crippen LogP contribution in [0.15, 0.2) is 48.5 Å². The molecule has 3 aromatic rings. The summed E-state index contributed by atoms with van der Waals surface area (Å²) in [5.41, 5.74) is 4.13. The zero-order chi connectivity index (χ0) is 12.5. The Kier molecular flexibility index (Phi) is 2.75. The van der Waals surface area contributed by atoms with Gasteiger partial charge >= 0.3 is 0 Å². The lowest BCUT2D eigenvalue weighted by Gasteiger charge is -2.08. The molecule has 0 aliphatic carbocycles. The van der Waals surface area contributed by atoms with Crippen molar-refractivity contribution in [2.75, 3.05) is 0 Å². The number of hydrogen-bond acceptors (Lipinski definition) is 0. The highest BCUT2D eigenvalue weighted by atomic mass is 14.9. The average Bonchev–Trinajstić information content (AvgIpc) is 2.43. The summed E-state index contributed by atoms with van der Waals surface area (Å²) in [6, 6.07) is 17.4. The van der Waals surface area contributed by atoms with Gasteiger partial charge in [-0.3, -0.25) is 0 Å². The molecule has 1 heteroatoms. The number of fused-ring (bicyclic) bond motifs is 2. The third kappa shape index (κ3) is 1.59. The summed E-state index contributed by atoms with van der Waals surface area (Å²) in [6.07, 6.45) is 2.32. The summed E-state index contributed by atoms with van der Waals surface area (Å²) in [5.74, 6) is 0. The van der Waals surface area contributed by atoms with Crippen LogP contribution >= 0.6 is 0 Å². The van der Waals surface area contributed by atoms with Crippen LogP contribution in [0.2, 0.25) is 0 Å². The van der Waals surface area contributed by atoms with Crippen molar-refractivity contribution in [3.8, 4) is 0 Å². The van der Waals surface area contributed by atoms with Crippen LogP contribution in [0.25, 0.3) is 21.8 Å². The summed E-state index contributed by atoms with van der Waals surface area (Å²) in [5, 5.41) is 2.78. The quantitative estimate of drug-likeness (QED) is 0.471. The molecule has 18 heavy (non-hydrogen) atoms. The Morgan fingerprint density at radius 2 is 1.33 bits per heavy atom. The van der Waals surface area contributed by atoms with Gasteiger partial charge < -0.3 is 0 Å². The number of benzene rings is 2. The predicted octanol–water partition coefficient (Wildman–Crippen LogP) is 3.77. The lowest BCUT2D eigenvalue weighted by atomic mass is 9.98. The standard InChI is InChI=1S/C17H18N/c1-3-8-13-14-9-4-6-11-16(14)18(2)17-12-7-5-10-15(13)17/h4-7,9-12H,3,8H2,1-2H3/q+1. The molecule has 0 saturated carbocycles. The van der Waals surface area contributed by atoms with Crippen LogP contribution in [0.1, 0.15) is 18.9 Å². The molecule has 2 aromatic carbocycles. The fourth-order valence-electron chi connectivity index (χ4n) is 2.84. The van der Waals surface area contributed by atoms with Crippen LogP contribution in [0.5, 0.6) is 0 Å². The smallest absolute Gasteiger partial charge is 0.194 e. The minimum absolute atomic E-state index is 1.14. The summed E-state index contributed by atoms with van der Waals surface area (Å²) in [6.45, 7) is 2.25. The number of hydrogen-bond donors (Lipinski definition) is 0. The number of nitrogens with zero attached hydrogens (tertiary/aromatic N) is 1. The fourth-order valence-corrected chi connectivity index (χ4v) is 2.84. The first-order valence-corrected chi connectivity index (χ1v) is 6.61. The fraction of sp³-hybridized carbons (Fsp3) is 0.235. The maximum Gasteiger partial charge on any atom is 0.213 e. The minimum atomic E-state index is 1.14. The van der Waals surface area contributed by atoms with Gasteiger partial charge in [-0.1, -0.05) is 37.6 Å². The topological polar surface area (TPSA) is 3.88 Å². The van der Waals surface area contributed by atoms with Crippen molar-refractivity contribution in [2.24, 2.45) is 7.05 Å². The molecule has 0 aliphatic rings. The molecule has 0 N–H and O–H groups in total. The van der Waals surface area contributed by atoms with E-state index in [2.05, 4.69) is 67.1 Å². The second-order valence-corrected chi connectivity index (χ2v) is 4.82. The van der Waals surface area contributed by atoms with Crippen molar-refractivity contribution in [3.05, 3.63) is 54.1 Å². The SMILES string of the molecule is CCCc1c2ccccc2[n+](C)c2ccccc12. The van der Waals surface area contributed by atoms with Gasteiger partial charge in [0.25, 0.3) is 0 Å². The molecule has 0 aliphatic heterocycles. The molecule has 0 saturated heterocycles. The molecule has 0 fully saturated rings. The van der Waals surface area contributed by atoms with Gasteiger partial charge in [-0.25, -0.2) is 0 Å². The molecule has 0 bridgehead atoms. The van der Waals surface area contributed by atoms with Gasteiger partial charge in [0.2, 0.25) is 11.0 Å². The molecular formula is C17H18N+. The third-order valence-corrected chi connectivity index (χ3v) is 3.68. The molecule has 1 heterocycles. The van der Waals surface area contributed by atoms with E-state index in [9.17, 15) is 0 Å². The Bertz CT molecular complexity index is 656. The molecule has 3 rings (SSSR count). The third-order valence-electron chi connectivity index (χ3n) is 3.68. The molecule has 0 amide bonds. The van der Waals surface area contributed by atoms with Crippen LogP contribution in [-0.2, 0) is 13.5 Å². The van der Waals surface area contributed by atoms with Crippen molar-refractivity contribution < 1.29 is 4.57 Å². The monoisotopic (exact) mass is 236 g/mol. The first kappa shape index (κ1) is 11.2. The van der Waals surface area contributed by atoms with Gasteiger partial charge in [-0.2, -0.15) is 4.57 Å². The Morgan fingerprint density at radius 1 is 0.833 bits per heavy atom. The molecule has 0 spiro atoms. The van der Waals surface area contributed by atoms with Crippen molar-refractivity contribution >= 4 is 21.8 Å². The molecule has 0 atom stereocenters. The van der Waals surface area contributed by atoms with Crippen LogP contribution in [-0.4, -0.2) is 0 Å². The molecule has 90 valence electrons. The van der Waals surface area contributed by atoms with Gasteiger partial charge in [0, 0.05) is 12.1 Å². The average molecular weight is 236 g/mol. The van der Waals surface area contributed by atoms with Gasteiger partial charge in [-0.15, -0.1) is 0 Å². The van der Waals surface area contributed by atoms with Crippen LogP contribution in [0.4, 0.5) is 0 Å². The van der Waals surface area contributed by atoms with Crippen LogP contribution < -0.4 is 4.57 Å². The maximum absolute atomic E-state index is 2.30. The lowest BCUT2D eigenvalue weighted by molar-refractivity contribution is -0.617. The Balaban J connectivity index is 2.54. The van der Waals surface area contributed by atoms with E-state index < -0.39 is 0 Å². The van der Waals surface area contributed by atoms with E-state index in [1.54, 1.807) is 0 Å². The summed E-state index contributed by atoms with van der Waals surface area (Å²) < 4.78 is 2.30. The van der Waals surface area contributed by atoms with Gasteiger partial charge in [-0.05, 0) is 24.1 Å². The van der Waals surface area contributed by atoms with E-state index in [0.717, 1.165) is 6.42 Å². The van der Waals surface area contributed by atoms with E-state index in [4.69, 9.17) is 0 Å². The van der Waals surface area contributed by atoms with E-state index in [-0.39, 0.29) is 0 Å². The molecule has 0 unspecified atom stereocenters. The molecular weight excluding hydrogens is 218 g/mol. The normalized spacial score (nSPS) is 11.2. The first-order chi connectivity index (χ1) is 8.83. The highest BCUT2D eigenvalue weighted by Gasteiger charge is 2.15. The van der Waals surface area contributed by atoms with Gasteiger partial charge in [0.05, 0.1) is 10.8 Å². The van der Waals surface area contributed by atoms with Crippen LogP contribution in [0.3, 0.4) is 0 Å². The zero-order valence-electron chi connectivity index (χ0n) is 11.0.